The van der Waals surface area contributed by atoms with Gasteiger partial charge in [-0.2, -0.15) is 0 Å². The van der Waals surface area contributed by atoms with Gasteiger partial charge < -0.3 is 14.5 Å². The van der Waals surface area contributed by atoms with E-state index in [0.717, 1.165) is 22.4 Å². The number of methoxy groups -OCH3 is 1. The molecule has 0 aliphatic heterocycles. The van der Waals surface area contributed by atoms with Crippen LogP contribution in [0.15, 0.2) is 95.6 Å². The maximum Gasteiger partial charge on any atom is 0.226 e. The Balaban J connectivity index is 1.51. The number of nitrogens with zero attached hydrogens (tertiary/aromatic N) is 1. The van der Waals surface area contributed by atoms with E-state index in [2.05, 4.69) is 10.3 Å². The van der Waals surface area contributed by atoms with Crippen LogP contribution in [0.2, 0.25) is 0 Å². The van der Waals surface area contributed by atoms with Crippen LogP contribution in [0.4, 0.5) is 0 Å². The van der Waals surface area contributed by atoms with E-state index in [-0.39, 0.29) is 18.4 Å². The van der Waals surface area contributed by atoms with Crippen LogP contribution in [0.1, 0.15) is 22.9 Å². The highest BCUT2D eigenvalue weighted by Gasteiger charge is 2.18. The molecule has 0 spiro atoms. The van der Waals surface area contributed by atoms with Crippen LogP contribution in [0.25, 0.3) is 11.5 Å². The predicted octanol–water partition coefficient (Wildman–Crippen LogP) is 4.80. The number of hydrogen-bond donors (Lipinski definition) is 1. The lowest BCUT2D eigenvalue weighted by molar-refractivity contribution is -0.121. The van der Waals surface area contributed by atoms with Crippen LogP contribution in [-0.2, 0) is 11.2 Å². The summed E-state index contributed by atoms with van der Waals surface area (Å²) >= 11 is 0. The van der Waals surface area contributed by atoms with Crippen LogP contribution in [0.3, 0.4) is 0 Å². The summed E-state index contributed by atoms with van der Waals surface area (Å²) in [6.45, 7) is 0. The molecule has 0 fully saturated rings. The second-order valence-electron chi connectivity index (χ2n) is 6.87. The number of oxazole rings is 1. The Morgan fingerprint density at radius 2 is 1.57 bits per heavy atom. The normalized spacial score (nSPS) is 11.6. The zero-order valence-electron chi connectivity index (χ0n) is 16.6. The van der Waals surface area contributed by atoms with Gasteiger partial charge in [0.15, 0.2) is 0 Å². The van der Waals surface area contributed by atoms with Crippen molar-refractivity contribution < 1.29 is 13.9 Å². The Hall–Kier alpha value is -3.86. The second kappa shape index (κ2) is 9.09. The highest BCUT2D eigenvalue weighted by atomic mass is 16.5. The minimum Gasteiger partial charge on any atom is -0.497 e. The Kier molecular flexibility index (Phi) is 5.90. The second-order valence-corrected chi connectivity index (χ2v) is 6.87. The van der Waals surface area contributed by atoms with Crippen molar-refractivity contribution in [3.8, 4) is 17.2 Å². The smallest absolute Gasteiger partial charge is 0.226 e. The van der Waals surface area contributed by atoms with Crippen LogP contribution in [0.5, 0.6) is 5.75 Å². The van der Waals surface area contributed by atoms with Gasteiger partial charge in [-0.05, 0) is 35.4 Å². The minimum atomic E-state index is -0.273. The van der Waals surface area contributed by atoms with Crippen molar-refractivity contribution in [1.29, 1.82) is 0 Å². The van der Waals surface area contributed by atoms with Crippen LogP contribution >= 0.6 is 0 Å². The summed E-state index contributed by atoms with van der Waals surface area (Å²) in [4.78, 5) is 17.3. The molecule has 0 saturated heterocycles. The van der Waals surface area contributed by atoms with E-state index < -0.39 is 0 Å². The molecule has 0 radical (unpaired) electrons. The van der Waals surface area contributed by atoms with Crippen molar-refractivity contribution in [2.24, 2.45) is 0 Å². The van der Waals surface area contributed by atoms with Gasteiger partial charge in [-0.1, -0.05) is 60.7 Å². The van der Waals surface area contributed by atoms with Gasteiger partial charge in [0.1, 0.15) is 12.0 Å². The number of amides is 1. The Morgan fingerprint density at radius 1 is 0.933 bits per heavy atom. The Morgan fingerprint density at radius 3 is 2.23 bits per heavy atom. The largest absolute Gasteiger partial charge is 0.497 e. The van der Waals surface area contributed by atoms with Gasteiger partial charge in [0.2, 0.25) is 11.8 Å². The SMILES string of the molecule is COc1ccc(C(NC(=O)Cc2coc(-c3ccccc3)n2)c2ccccc2)cc1. The van der Waals surface area contributed by atoms with Crippen LogP contribution in [0, 0.1) is 0 Å². The van der Waals surface area contributed by atoms with Gasteiger partial charge in [0.25, 0.3) is 0 Å². The fraction of sp³-hybridized carbons (Fsp3) is 0.120. The highest BCUT2D eigenvalue weighted by molar-refractivity contribution is 5.79. The molecule has 5 nitrogen and oxygen atoms in total. The lowest BCUT2D eigenvalue weighted by Crippen LogP contribution is -2.30. The molecule has 30 heavy (non-hydrogen) atoms. The van der Waals surface area contributed by atoms with E-state index in [1.54, 1.807) is 7.11 Å². The molecule has 1 heterocycles. The maximum absolute atomic E-state index is 12.8. The third-order valence-electron chi connectivity index (χ3n) is 4.80. The number of carbonyl (C=O) groups is 1. The summed E-state index contributed by atoms with van der Waals surface area (Å²) in [5, 5.41) is 3.12. The molecule has 1 unspecified atom stereocenters. The average Bonchev–Trinajstić information content (AvgIpc) is 3.27. The highest BCUT2D eigenvalue weighted by Crippen LogP contribution is 2.24. The molecule has 0 aliphatic carbocycles. The lowest BCUT2D eigenvalue weighted by atomic mass is 9.98. The Labute approximate surface area is 175 Å². The number of aromatic nitrogens is 1. The van der Waals surface area contributed by atoms with Gasteiger partial charge in [-0.3, -0.25) is 4.79 Å². The van der Waals surface area contributed by atoms with Crippen LogP contribution < -0.4 is 10.1 Å². The first-order valence-electron chi connectivity index (χ1n) is 9.71. The minimum absolute atomic E-state index is 0.132. The van der Waals surface area contributed by atoms with Crippen molar-refractivity contribution in [2.75, 3.05) is 7.11 Å². The first kappa shape index (κ1) is 19.5. The predicted molar refractivity (Wildman–Crippen MR) is 115 cm³/mol. The van der Waals surface area contributed by atoms with Gasteiger partial charge in [-0.25, -0.2) is 4.98 Å². The molecule has 0 saturated carbocycles. The molecule has 4 aromatic rings. The monoisotopic (exact) mass is 398 g/mol. The summed E-state index contributed by atoms with van der Waals surface area (Å²) in [6, 6.07) is 26.9. The summed E-state index contributed by atoms with van der Waals surface area (Å²) < 4.78 is 10.8. The summed E-state index contributed by atoms with van der Waals surface area (Å²) in [6.07, 6.45) is 1.67. The van der Waals surface area contributed by atoms with E-state index in [0.29, 0.717) is 11.6 Å². The number of nitrogens with one attached hydrogen (secondary N) is 1. The van der Waals surface area contributed by atoms with Gasteiger partial charge in [-0.15, -0.1) is 0 Å². The molecule has 5 heteroatoms. The van der Waals surface area contributed by atoms with Gasteiger partial charge in [0, 0.05) is 5.56 Å². The molecule has 1 N–H and O–H groups in total. The molecule has 1 amide bonds. The zero-order valence-corrected chi connectivity index (χ0v) is 16.6. The Bertz CT molecular complexity index is 1090. The number of hydrogen-bond acceptors (Lipinski definition) is 4. The third kappa shape index (κ3) is 4.58. The average molecular weight is 398 g/mol. The summed E-state index contributed by atoms with van der Waals surface area (Å²) in [7, 11) is 1.63. The molecular weight excluding hydrogens is 376 g/mol. The van der Waals surface area contributed by atoms with Crippen molar-refractivity contribution in [3.63, 3.8) is 0 Å². The number of carbonyl (C=O) groups excluding carboxylic acids is 1. The lowest BCUT2D eigenvalue weighted by Gasteiger charge is -2.20. The first-order valence-corrected chi connectivity index (χ1v) is 9.71. The van der Waals surface area contributed by atoms with E-state index in [1.807, 2.05) is 84.9 Å². The van der Waals surface area contributed by atoms with Crippen molar-refractivity contribution in [1.82, 2.24) is 10.3 Å². The van der Waals surface area contributed by atoms with Crippen molar-refractivity contribution in [3.05, 3.63) is 108 Å². The molecule has 0 aliphatic rings. The molecule has 150 valence electrons. The standard InChI is InChI=1S/C25H22N2O3/c1-29-22-14-12-19(13-15-22)24(18-8-4-2-5-9-18)27-23(28)16-21-17-30-25(26-21)20-10-6-3-7-11-20/h2-15,17,24H,16H2,1H3,(H,27,28). The number of rotatable bonds is 7. The molecule has 0 bridgehead atoms. The molecule has 3 aromatic carbocycles. The van der Waals surface area contributed by atoms with Crippen molar-refractivity contribution in [2.45, 2.75) is 12.5 Å². The summed E-state index contributed by atoms with van der Waals surface area (Å²) in [5.74, 6) is 1.15. The maximum atomic E-state index is 12.8. The van der Waals surface area contributed by atoms with E-state index in [9.17, 15) is 4.79 Å². The molecule has 4 rings (SSSR count). The molecule has 1 aromatic heterocycles. The van der Waals surface area contributed by atoms with Crippen molar-refractivity contribution >= 4 is 5.91 Å². The van der Waals surface area contributed by atoms with Crippen LogP contribution in [-0.4, -0.2) is 18.0 Å². The topological polar surface area (TPSA) is 64.4 Å². The van der Waals surface area contributed by atoms with E-state index in [1.165, 1.54) is 6.26 Å². The fourth-order valence-corrected chi connectivity index (χ4v) is 3.28. The van der Waals surface area contributed by atoms with Gasteiger partial charge in [0.05, 0.1) is 25.3 Å². The first-order chi connectivity index (χ1) is 14.7. The molecule has 1 atom stereocenters. The van der Waals surface area contributed by atoms with E-state index in [4.69, 9.17) is 9.15 Å². The van der Waals surface area contributed by atoms with E-state index >= 15 is 0 Å². The van der Waals surface area contributed by atoms with Gasteiger partial charge >= 0.3 is 0 Å². The number of benzene rings is 3. The summed E-state index contributed by atoms with van der Waals surface area (Å²) in [5.41, 5.74) is 3.44. The quantitative estimate of drug-likeness (QED) is 0.486. The third-order valence-corrected chi connectivity index (χ3v) is 4.80. The zero-order chi connectivity index (χ0) is 20.8. The fourth-order valence-electron chi connectivity index (χ4n) is 3.28. The molecular formula is C25H22N2O3. The number of ether oxygens (including phenoxy) is 1.